The van der Waals surface area contributed by atoms with Gasteiger partial charge in [-0.1, -0.05) is 36.4 Å². The summed E-state index contributed by atoms with van der Waals surface area (Å²) in [5.41, 5.74) is 2.90. The third-order valence-corrected chi connectivity index (χ3v) is 4.99. The zero-order valence-electron chi connectivity index (χ0n) is 14.5. The predicted octanol–water partition coefficient (Wildman–Crippen LogP) is 0.606. The minimum Gasteiger partial charge on any atom is -0.465 e. The third kappa shape index (κ3) is 2.99. The second-order valence-electron chi connectivity index (χ2n) is 6.59. The van der Waals surface area contributed by atoms with Crippen LogP contribution in [0.5, 0.6) is 0 Å². The van der Waals surface area contributed by atoms with Gasteiger partial charge in [0.25, 0.3) is 5.56 Å². The smallest absolute Gasteiger partial charge is 0.365 e. The van der Waals surface area contributed by atoms with Gasteiger partial charge in [-0.2, -0.15) is 0 Å². The highest BCUT2D eigenvalue weighted by molar-refractivity contribution is 5.77. The predicted molar refractivity (Wildman–Crippen MR) is 96.7 cm³/mol. The molecule has 1 aliphatic rings. The van der Waals surface area contributed by atoms with Gasteiger partial charge in [0.1, 0.15) is 13.1 Å². The van der Waals surface area contributed by atoms with Gasteiger partial charge in [-0.15, -0.1) is 0 Å². The van der Waals surface area contributed by atoms with E-state index in [4.69, 9.17) is 4.74 Å². The first-order valence-electron chi connectivity index (χ1n) is 8.63. The number of aromatic amines is 1. The summed E-state index contributed by atoms with van der Waals surface area (Å²) in [4.78, 5) is 33.1. The first kappa shape index (κ1) is 16.5. The van der Waals surface area contributed by atoms with Gasteiger partial charge in [0.15, 0.2) is 11.9 Å². The number of para-hydroxylation sites is 1. The molecule has 6 heteroatoms. The number of hydrogen-bond acceptors (Lipinski definition) is 4. The van der Waals surface area contributed by atoms with Gasteiger partial charge in [-0.05, 0) is 17.7 Å². The lowest BCUT2D eigenvalue weighted by molar-refractivity contribution is -0.946. The molecule has 3 aromatic rings. The van der Waals surface area contributed by atoms with Crippen molar-refractivity contribution in [3.8, 4) is 0 Å². The minimum atomic E-state index is -0.313. The Morgan fingerprint density at radius 1 is 1.19 bits per heavy atom. The van der Waals surface area contributed by atoms with Crippen LogP contribution in [0.2, 0.25) is 0 Å². The number of ether oxygens (including phenoxy) is 1. The fraction of sp³-hybridized carbons (Fsp3) is 0.250. The Bertz CT molecular complexity index is 1030. The Labute approximate surface area is 150 Å². The minimum absolute atomic E-state index is 0.156. The van der Waals surface area contributed by atoms with Gasteiger partial charge in [-0.3, -0.25) is 4.79 Å². The molecule has 2 N–H and O–H groups in total. The molecular weight excluding hydrogens is 330 g/mol. The molecule has 0 radical (unpaired) electrons. The summed E-state index contributed by atoms with van der Waals surface area (Å²) >= 11 is 0. The van der Waals surface area contributed by atoms with E-state index in [1.54, 1.807) is 6.07 Å². The number of nitrogens with zero attached hydrogens (tertiary/aromatic N) is 1. The third-order valence-electron chi connectivity index (χ3n) is 4.99. The van der Waals surface area contributed by atoms with Crippen molar-refractivity contribution in [2.45, 2.75) is 25.6 Å². The molecule has 132 valence electrons. The molecule has 6 nitrogen and oxygen atoms in total. The standard InChI is InChI=1S/C20H19N3O3/c1-26-20(25)17-10-13-6-2-3-7-14(13)11-23(17)12-18-21-16-9-5-4-8-15(16)19(24)22-18/h2-9,17H,10-12H2,1H3,(H,21,22,24)/p+1/t17-/m0/s1. The van der Waals surface area contributed by atoms with Crippen LogP contribution in [0.3, 0.4) is 0 Å². The second-order valence-corrected chi connectivity index (χ2v) is 6.59. The molecule has 4 rings (SSSR count). The van der Waals surface area contributed by atoms with Crippen LogP contribution in [0.25, 0.3) is 10.9 Å². The number of benzene rings is 2. The maximum atomic E-state index is 12.3. The van der Waals surface area contributed by atoms with Crippen LogP contribution in [0.1, 0.15) is 17.0 Å². The highest BCUT2D eigenvalue weighted by Gasteiger charge is 2.36. The van der Waals surface area contributed by atoms with Crippen LogP contribution in [0.4, 0.5) is 0 Å². The number of rotatable bonds is 3. The van der Waals surface area contributed by atoms with Crippen LogP contribution < -0.4 is 10.5 Å². The quantitative estimate of drug-likeness (QED) is 0.679. The summed E-state index contributed by atoms with van der Waals surface area (Å²) in [6, 6.07) is 15.1. The van der Waals surface area contributed by atoms with Gasteiger partial charge in [0.2, 0.25) is 0 Å². The lowest BCUT2D eigenvalue weighted by Gasteiger charge is -2.31. The lowest BCUT2D eigenvalue weighted by Crippen LogP contribution is -3.15. The van der Waals surface area contributed by atoms with Crippen molar-refractivity contribution in [1.82, 2.24) is 9.97 Å². The number of carbonyl (C=O) groups is 1. The molecule has 0 bridgehead atoms. The van der Waals surface area contributed by atoms with Gasteiger partial charge in [-0.25, -0.2) is 9.78 Å². The first-order chi connectivity index (χ1) is 12.7. The SMILES string of the molecule is COC(=O)[C@@H]1Cc2ccccc2C[NH+]1Cc1nc2ccccc2c(=O)[nH]1. The van der Waals surface area contributed by atoms with E-state index in [-0.39, 0.29) is 17.6 Å². The Balaban J connectivity index is 1.69. The van der Waals surface area contributed by atoms with Crippen molar-refractivity contribution in [2.75, 3.05) is 7.11 Å². The van der Waals surface area contributed by atoms with E-state index in [1.165, 1.54) is 18.2 Å². The Kier molecular flexibility index (Phi) is 4.26. The van der Waals surface area contributed by atoms with Crippen molar-refractivity contribution < 1.29 is 14.4 Å². The van der Waals surface area contributed by atoms with E-state index in [0.717, 1.165) is 4.90 Å². The van der Waals surface area contributed by atoms with Crippen LogP contribution >= 0.6 is 0 Å². The number of esters is 1. The molecule has 0 fully saturated rings. The van der Waals surface area contributed by atoms with Crippen LogP contribution in [-0.4, -0.2) is 29.1 Å². The Hall–Kier alpha value is -2.99. The maximum absolute atomic E-state index is 12.3. The molecule has 0 spiro atoms. The molecule has 0 saturated carbocycles. The van der Waals surface area contributed by atoms with Gasteiger partial charge in [0, 0.05) is 12.0 Å². The molecule has 2 heterocycles. The molecule has 0 amide bonds. The van der Waals surface area contributed by atoms with E-state index in [0.29, 0.717) is 36.2 Å². The summed E-state index contributed by atoms with van der Waals surface area (Å²) < 4.78 is 5.01. The van der Waals surface area contributed by atoms with Crippen LogP contribution in [-0.2, 0) is 29.0 Å². The zero-order valence-corrected chi connectivity index (χ0v) is 14.5. The van der Waals surface area contributed by atoms with E-state index in [9.17, 15) is 9.59 Å². The molecule has 26 heavy (non-hydrogen) atoms. The van der Waals surface area contributed by atoms with Gasteiger partial charge in [0.05, 0.1) is 18.0 Å². The number of nitrogens with one attached hydrogen (secondary N) is 2. The summed E-state index contributed by atoms with van der Waals surface area (Å²) in [5.74, 6) is 0.342. The second kappa shape index (κ2) is 6.72. The molecule has 2 atom stereocenters. The number of aromatic nitrogens is 2. The summed E-state index contributed by atoms with van der Waals surface area (Å²) in [5, 5.41) is 0.569. The summed E-state index contributed by atoms with van der Waals surface area (Å²) in [7, 11) is 1.41. The molecule has 1 aromatic heterocycles. The Morgan fingerprint density at radius 3 is 2.73 bits per heavy atom. The van der Waals surface area contributed by atoms with Crippen molar-refractivity contribution in [3.05, 3.63) is 75.8 Å². The van der Waals surface area contributed by atoms with E-state index < -0.39 is 0 Å². The topological polar surface area (TPSA) is 76.5 Å². The highest BCUT2D eigenvalue weighted by atomic mass is 16.5. The van der Waals surface area contributed by atoms with E-state index >= 15 is 0 Å². The summed E-state index contributed by atoms with van der Waals surface area (Å²) in [6.07, 6.45) is 0.621. The number of carbonyl (C=O) groups excluding carboxylic acids is 1. The zero-order chi connectivity index (χ0) is 18.1. The average molecular weight is 350 g/mol. The van der Waals surface area contributed by atoms with Crippen molar-refractivity contribution in [3.63, 3.8) is 0 Å². The molecule has 2 aromatic carbocycles. The van der Waals surface area contributed by atoms with Crippen molar-refractivity contribution in [2.24, 2.45) is 0 Å². The van der Waals surface area contributed by atoms with Crippen molar-refractivity contribution in [1.29, 1.82) is 0 Å². The van der Waals surface area contributed by atoms with E-state index in [1.807, 2.05) is 30.3 Å². The maximum Gasteiger partial charge on any atom is 0.365 e. The average Bonchev–Trinajstić information content (AvgIpc) is 2.67. The molecule has 1 unspecified atom stereocenters. The van der Waals surface area contributed by atoms with Crippen molar-refractivity contribution >= 4 is 16.9 Å². The fourth-order valence-electron chi connectivity index (χ4n) is 3.67. The number of methoxy groups -OCH3 is 1. The highest BCUT2D eigenvalue weighted by Crippen LogP contribution is 2.15. The number of fused-ring (bicyclic) bond motifs is 2. The first-order valence-corrected chi connectivity index (χ1v) is 8.63. The number of quaternary nitrogens is 1. The number of H-pyrrole nitrogens is 1. The fourth-order valence-corrected chi connectivity index (χ4v) is 3.67. The van der Waals surface area contributed by atoms with E-state index in [2.05, 4.69) is 22.1 Å². The molecule has 1 aliphatic heterocycles. The summed E-state index contributed by atoms with van der Waals surface area (Å²) in [6.45, 7) is 1.14. The molecule has 0 aliphatic carbocycles. The molecular formula is C20H20N3O3+. The monoisotopic (exact) mass is 350 g/mol. The normalized spacial score (nSPS) is 19.1. The Morgan fingerprint density at radius 2 is 1.92 bits per heavy atom. The largest absolute Gasteiger partial charge is 0.465 e. The number of hydrogen-bond donors (Lipinski definition) is 2. The molecule has 0 saturated heterocycles. The van der Waals surface area contributed by atoms with Gasteiger partial charge < -0.3 is 14.6 Å². The van der Waals surface area contributed by atoms with Crippen LogP contribution in [0, 0.1) is 0 Å². The van der Waals surface area contributed by atoms with Gasteiger partial charge >= 0.3 is 5.97 Å². The van der Waals surface area contributed by atoms with Crippen LogP contribution in [0.15, 0.2) is 53.3 Å². The lowest BCUT2D eigenvalue weighted by atomic mass is 9.94.